The number of likely N-dealkylation sites (tertiary alicyclic amines) is 1. The second-order valence-electron chi connectivity index (χ2n) is 4.92. The topological polar surface area (TPSA) is 29.5 Å². The number of hydrogen-bond donors (Lipinski definition) is 0. The maximum Gasteiger partial charge on any atom is 0.177 e. The van der Waals surface area contributed by atoms with Gasteiger partial charge < -0.3 is 9.64 Å². The number of carbonyl (C=O) groups is 1. The first-order valence-corrected chi connectivity index (χ1v) is 7.67. The molecule has 1 aliphatic heterocycles. The normalized spacial score (nSPS) is 18.0. The summed E-state index contributed by atoms with van der Waals surface area (Å²) in [6, 6.07) is 7.30. The number of carbonyl (C=O) groups excluding carboxylic acids is 1. The number of Topliss-reactive ketones (excluding diaryl/α,β-unsaturated/α-hetero) is 1. The third kappa shape index (κ3) is 4.05. The van der Waals surface area contributed by atoms with Crippen LogP contribution in [0.2, 0.25) is 0 Å². The van der Waals surface area contributed by atoms with Crippen molar-refractivity contribution in [3.63, 3.8) is 0 Å². The summed E-state index contributed by atoms with van der Waals surface area (Å²) in [7, 11) is 1.63. The van der Waals surface area contributed by atoms with Crippen molar-refractivity contribution < 1.29 is 9.53 Å². The third-order valence-corrected chi connectivity index (χ3v) is 4.23. The molecule has 1 aromatic rings. The molecule has 1 atom stereocenters. The molecule has 19 heavy (non-hydrogen) atoms. The number of halogens is 1. The van der Waals surface area contributed by atoms with Crippen LogP contribution in [0, 0.1) is 0 Å². The van der Waals surface area contributed by atoms with Gasteiger partial charge in [-0.2, -0.15) is 0 Å². The minimum Gasteiger partial charge on any atom is -0.497 e. The lowest BCUT2D eigenvalue weighted by Gasteiger charge is -2.27. The highest BCUT2D eigenvalue weighted by atomic mass is 79.9. The van der Waals surface area contributed by atoms with Gasteiger partial charge in [-0.05, 0) is 50.2 Å². The van der Waals surface area contributed by atoms with E-state index in [1.165, 1.54) is 19.3 Å². The van der Waals surface area contributed by atoms with Crippen LogP contribution in [0.4, 0.5) is 0 Å². The number of benzene rings is 1. The minimum absolute atomic E-state index is 0.126. The van der Waals surface area contributed by atoms with Crippen LogP contribution >= 0.6 is 15.9 Å². The van der Waals surface area contributed by atoms with E-state index in [9.17, 15) is 4.79 Å². The maximum absolute atomic E-state index is 12.3. The van der Waals surface area contributed by atoms with Crippen LogP contribution in [0.15, 0.2) is 24.3 Å². The summed E-state index contributed by atoms with van der Waals surface area (Å²) in [5.41, 5.74) is 0.736. The smallest absolute Gasteiger partial charge is 0.177 e. The number of methoxy groups -OCH3 is 1. The minimum atomic E-state index is -0.126. The molecule has 0 N–H and O–H groups in total. The van der Waals surface area contributed by atoms with E-state index in [0.29, 0.717) is 0 Å². The standard InChI is InChI=1S/C15H20BrNO2/c1-19-13-7-5-12(6-8-13)15(18)14(16)11-17-9-3-2-4-10-17/h5-8,14H,2-4,9-11H2,1H3. The van der Waals surface area contributed by atoms with Gasteiger partial charge in [0.2, 0.25) is 0 Å². The zero-order valence-corrected chi connectivity index (χ0v) is 12.9. The van der Waals surface area contributed by atoms with Gasteiger partial charge in [-0.1, -0.05) is 22.4 Å². The molecule has 0 spiro atoms. The predicted molar refractivity (Wildman–Crippen MR) is 80.3 cm³/mol. The van der Waals surface area contributed by atoms with Crippen molar-refractivity contribution in [1.82, 2.24) is 4.90 Å². The Morgan fingerprint density at radius 1 is 1.26 bits per heavy atom. The summed E-state index contributed by atoms with van der Waals surface area (Å²) < 4.78 is 5.10. The average Bonchev–Trinajstić information content (AvgIpc) is 2.47. The number of ketones is 1. The fourth-order valence-electron chi connectivity index (χ4n) is 2.39. The number of ether oxygens (including phenoxy) is 1. The molecule has 0 aliphatic carbocycles. The first kappa shape index (κ1) is 14.5. The second kappa shape index (κ2) is 7.06. The lowest BCUT2D eigenvalue weighted by atomic mass is 10.1. The van der Waals surface area contributed by atoms with Crippen LogP contribution in [-0.4, -0.2) is 42.3 Å². The zero-order valence-electron chi connectivity index (χ0n) is 11.3. The van der Waals surface area contributed by atoms with Crippen LogP contribution in [0.25, 0.3) is 0 Å². The van der Waals surface area contributed by atoms with Gasteiger partial charge in [0.25, 0.3) is 0 Å². The summed E-state index contributed by atoms with van der Waals surface area (Å²) >= 11 is 3.53. The van der Waals surface area contributed by atoms with E-state index in [0.717, 1.165) is 30.9 Å². The molecule has 1 aliphatic rings. The quantitative estimate of drug-likeness (QED) is 0.615. The Kier molecular flexibility index (Phi) is 5.40. The van der Waals surface area contributed by atoms with E-state index in [1.807, 2.05) is 24.3 Å². The Morgan fingerprint density at radius 3 is 2.47 bits per heavy atom. The van der Waals surface area contributed by atoms with Crippen LogP contribution in [0.5, 0.6) is 5.75 Å². The molecule has 3 nitrogen and oxygen atoms in total. The molecule has 1 saturated heterocycles. The van der Waals surface area contributed by atoms with Crippen molar-refractivity contribution in [1.29, 1.82) is 0 Å². The Morgan fingerprint density at radius 2 is 1.89 bits per heavy atom. The van der Waals surface area contributed by atoms with Gasteiger partial charge in [-0.3, -0.25) is 4.79 Å². The Hall–Kier alpha value is -0.870. The van der Waals surface area contributed by atoms with Gasteiger partial charge >= 0.3 is 0 Å². The average molecular weight is 326 g/mol. The summed E-state index contributed by atoms with van der Waals surface area (Å²) in [5, 5.41) is 0. The largest absolute Gasteiger partial charge is 0.497 e. The number of piperidine rings is 1. The van der Waals surface area contributed by atoms with Crippen molar-refractivity contribution in [2.24, 2.45) is 0 Å². The van der Waals surface area contributed by atoms with E-state index < -0.39 is 0 Å². The number of rotatable bonds is 5. The Balaban J connectivity index is 1.93. The van der Waals surface area contributed by atoms with Gasteiger partial charge in [-0.25, -0.2) is 0 Å². The Labute approximate surface area is 123 Å². The van der Waals surface area contributed by atoms with Crippen LogP contribution in [-0.2, 0) is 0 Å². The van der Waals surface area contributed by atoms with Crippen LogP contribution in [0.3, 0.4) is 0 Å². The van der Waals surface area contributed by atoms with Crippen molar-refractivity contribution >= 4 is 21.7 Å². The Bertz CT molecular complexity index is 413. The van der Waals surface area contributed by atoms with E-state index in [2.05, 4.69) is 20.8 Å². The molecule has 1 fully saturated rings. The monoisotopic (exact) mass is 325 g/mol. The lowest BCUT2D eigenvalue weighted by Crippen LogP contribution is -2.37. The highest BCUT2D eigenvalue weighted by Crippen LogP contribution is 2.17. The van der Waals surface area contributed by atoms with Crippen molar-refractivity contribution in [3.8, 4) is 5.75 Å². The molecule has 0 bridgehead atoms. The van der Waals surface area contributed by atoms with Crippen LogP contribution < -0.4 is 4.74 Å². The lowest BCUT2D eigenvalue weighted by molar-refractivity contribution is 0.0970. The highest BCUT2D eigenvalue weighted by molar-refractivity contribution is 9.10. The highest BCUT2D eigenvalue weighted by Gasteiger charge is 2.21. The number of hydrogen-bond acceptors (Lipinski definition) is 3. The summed E-state index contributed by atoms with van der Waals surface area (Å²) in [6.45, 7) is 3.01. The maximum atomic E-state index is 12.3. The van der Waals surface area contributed by atoms with Crippen molar-refractivity contribution in [3.05, 3.63) is 29.8 Å². The van der Waals surface area contributed by atoms with Gasteiger partial charge in [0, 0.05) is 12.1 Å². The van der Waals surface area contributed by atoms with Gasteiger partial charge in [0.1, 0.15) is 5.75 Å². The molecule has 0 radical (unpaired) electrons. The summed E-state index contributed by atoms with van der Waals surface area (Å²) in [4.78, 5) is 14.5. The molecule has 0 saturated carbocycles. The fraction of sp³-hybridized carbons (Fsp3) is 0.533. The molecular formula is C15H20BrNO2. The zero-order chi connectivity index (χ0) is 13.7. The molecule has 1 heterocycles. The van der Waals surface area contributed by atoms with E-state index in [-0.39, 0.29) is 10.6 Å². The molecular weight excluding hydrogens is 306 g/mol. The van der Waals surface area contributed by atoms with E-state index in [4.69, 9.17) is 4.74 Å². The van der Waals surface area contributed by atoms with Crippen molar-refractivity contribution in [2.45, 2.75) is 24.1 Å². The molecule has 4 heteroatoms. The molecule has 0 aromatic heterocycles. The SMILES string of the molecule is COc1ccc(C(=O)C(Br)CN2CCCCC2)cc1. The van der Waals surface area contributed by atoms with Gasteiger partial charge in [0.05, 0.1) is 11.9 Å². The van der Waals surface area contributed by atoms with Gasteiger partial charge in [0.15, 0.2) is 5.78 Å². The van der Waals surface area contributed by atoms with Gasteiger partial charge in [-0.15, -0.1) is 0 Å². The summed E-state index contributed by atoms with van der Waals surface area (Å²) in [6.07, 6.45) is 3.81. The first-order chi connectivity index (χ1) is 9.20. The molecule has 104 valence electrons. The molecule has 2 rings (SSSR count). The fourth-order valence-corrected chi connectivity index (χ4v) is 3.06. The van der Waals surface area contributed by atoms with E-state index in [1.54, 1.807) is 7.11 Å². The number of nitrogens with zero attached hydrogens (tertiary/aromatic N) is 1. The molecule has 0 amide bonds. The first-order valence-electron chi connectivity index (χ1n) is 6.75. The molecule has 1 unspecified atom stereocenters. The molecule has 1 aromatic carbocycles. The van der Waals surface area contributed by atoms with Crippen LogP contribution in [0.1, 0.15) is 29.6 Å². The van der Waals surface area contributed by atoms with E-state index >= 15 is 0 Å². The predicted octanol–water partition coefficient (Wildman–Crippen LogP) is 3.13. The second-order valence-corrected chi connectivity index (χ2v) is 6.03. The summed E-state index contributed by atoms with van der Waals surface area (Å²) in [5.74, 6) is 0.923. The third-order valence-electron chi connectivity index (χ3n) is 3.53. The van der Waals surface area contributed by atoms with Crippen molar-refractivity contribution in [2.75, 3.05) is 26.7 Å². The number of alkyl halides is 1.